The molecule has 8 aliphatic rings. The minimum atomic E-state index is -5.84. The minimum Gasteiger partial charge on any atom is -0.706 e. The quantitative estimate of drug-likeness (QED) is 0.0561. The van der Waals surface area contributed by atoms with Crippen molar-refractivity contribution >= 4 is 29.0 Å². The van der Waals surface area contributed by atoms with Crippen LogP contribution in [0.2, 0.25) is 0 Å². The molecular formula is C56H72F3NO5PPdS+. The molecule has 1 unspecified atom stereocenters. The molecule has 6 nitrogen and oxygen atoms in total. The average molecular weight is 1070 g/mol. The molecule has 0 saturated heterocycles. The molecule has 0 amide bonds. The Morgan fingerprint density at radius 3 is 1.59 bits per heavy atom. The fourth-order valence-corrected chi connectivity index (χ4v) is 20.1. The number of hydrogen-bond donors (Lipinski definition) is 1. The Bertz CT molecular complexity index is 2400. The first-order valence-corrected chi connectivity index (χ1v) is 27.9. The largest absolute Gasteiger partial charge is 2.00 e. The van der Waals surface area contributed by atoms with E-state index in [-0.39, 0.29) is 20.4 Å². The van der Waals surface area contributed by atoms with Crippen molar-refractivity contribution in [2.45, 2.75) is 146 Å². The summed E-state index contributed by atoms with van der Waals surface area (Å²) < 4.78 is 70.7. The molecule has 68 heavy (non-hydrogen) atoms. The Balaban J connectivity index is 0.000000257. The zero-order chi connectivity index (χ0) is 48.2. The van der Waals surface area contributed by atoms with Crippen LogP contribution in [0.5, 0.6) is 11.5 Å². The van der Waals surface area contributed by atoms with Gasteiger partial charge in [-0.3, -0.25) is 4.55 Å². The third-order valence-electron chi connectivity index (χ3n) is 16.6. The number of hydrogen-bond acceptors (Lipinski definition) is 4. The maximum Gasteiger partial charge on any atom is 2.00 e. The van der Waals surface area contributed by atoms with E-state index in [1.807, 2.05) is 56.7 Å². The third kappa shape index (κ3) is 10.6. The van der Waals surface area contributed by atoms with Crippen molar-refractivity contribution < 1.29 is 56.0 Å². The van der Waals surface area contributed by atoms with E-state index in [2.05, 4.69) is 71.9 Å². The van der Waals surface area contributed by atoms with Crippen LogP contribution in [-0.4, -0.2) is 43.5 Å². The van der Waals surface area contributed by atoms with Crippen LogP contribution in [0.1, 0.15) is 147 Å². The first-order chi connectivity index (χ1) is 31.7. The summed E-state index contributed by atoms with van der Waals surface area (Å²) in [5, 5.41) is 2.16. The Kier molecular flexibility index (Phi) is 16.4. The van der Waals surface area contributed by atoms with E-state index in [4.69, 9.17) is 28.2 Å². The molecule has 0 heterocycles. The van der Waals surface area contributed by atoms with Gasteiger partial charge in [0.1, 0.15) is 11.1 Å². The van der Waals surface area contributed by atoms with Gasteiger partial charge in [0, 0.05) is 7.92 Å². The second kappa shape index (κ2) is 21.0. The number of ether oxygens (including phenoxy) is 2. The molecule has 12 heteroatoms. The second-order valence-corrected chi connectivity index (χ2v) is 26.5. The molecule has 0 radical (unpaired) electrons. The van der Waals surface area contributed by atoms with Gasteiger partial charge in [0.05, 0.1) is 30.6 Å². The smallest absolute Gasteiger partial charge is 0.706 e. The predicted octanol–water partition coefficient (Wildman–Crippen LogP) is 15.6. The van der Waals surface area contributed by atoms with E-state index in [0.29, 0.717) is 28.6 Å². The summed E-state index contributed by atoms with van der Waals surface area (Å²) >= 11 is 0. The topological polar surface area (TPSA) is 96.6 Å². The molecule has 2 N–H and O–H groups in total. The van der Waals surface area contributed by atoms with Crippen LogP contribution in [0.4, 0.5) is 18.9 Å². The average Bonchev–Trinajstić information content (AvgIpc) is 3.26. The van der Waals surface area contributed by atoms with E-state index in [9.17, 15) is 13.2 Å². The molecule has 12 rings (SSSR count). The van der Waals surface area contributed by atoms with Crippen LogP contribution in [0, 0.1) is 47.5 Å². The molecule has 1 atom stereocenters. The summed E-state index contributed by atoms with van der Waals surface area (Å²) in [6.45, 7) is 14.4. The SMILES string of the molecule is COc1ccc(OC)c([PH+](C2C3CC4CC(C3)CC2C4)C23CC4CC(CC(C4)C2)C3)c1-c1c(C(C)C)cc(C(C)C)cc1C(C)C.O=S(=O)(O)C(F)(F)F.[NH-]c1ccccc1-c1[c-]cccc1.[Pd+2]. The summed E-state index contributed by atoms with van der Waals surface area (Å²) in [5.74, 6) is 10.4. The number of halogens is 3. The van der Waals surface area contributed by atoms with Crippen LogP contribution >= 0.6 is 7.92 Å². The zero-order valence-corrected chi connectivity index (χ0v) is 44.4. The summed E-state index contributed by atoms with van der Waals surface area (Å²) in [7, 11) is -2.98. The first-order valence-electron chi connectivity index (χ1n) is 24.8. The number of rotatable bonds is 10. The van der Waals surface area contributed by atoms with Gasteiger partial charge in [-0.05, 0) is 164 Å². The molecular weight excluding hydrogens is 993 g/mol. The van der Waals surface area contributed by atoms with Crippen molar-refractivity contribution in [1.82, 2.24) is 0 Å². The zero-order valence-electron chi connectivity index (χ0n) is 41.0. The maximum atomic E-state index is 10.7. The standard InChI is InChI=1S/C43H61O2P.C12H9N.CHF3O3S.Pd/c1-24(2)32-19-35(25(3)4)39(36(20-32)26(5)6)40-37(44-7)9-10-38(45-8)42(40)46(41-33-15-27-11-28(17-33)18-34(41)16-27)43-21-29-12-30(22-43)14-31(13-29)23-43;13-12-9-5-4-8-11(12)10-6-2-1-3-7-10;2-1(3,4)8(5,6)7;/h9-10,19-20,24-31,33-34,41H,11-18,21-23H2,1-8H3;1-6,8-9,13H;(H,5,6,7);/q;-2;;+2/p+1. The van der Waals surface area contributed by atoms with Gasteiger partial charge in [0.15, 0.2) is 5.75 Å². The molecule has 0 spiro atoms. The van der Waals surface area contributed by atoms with Gasteiger partial charge in [0.2, 0.25) is 0 Å². The van der Waals surface area contributed by atoms with Gasteiger partial charge in [-0.2, -0.15) is 27.3 Å². The van der Waals surface area contributed by atoms with Crippen LogP contribution in [0.3, 0.4) is 0 Å². The van der Waals surface area contributed by atoms with Crippen molar-refractivity contribution in [3.8, 4) is 33.8 Å². The summed E-state index contributed by atoms with van der Waals surface area (Å²) in [6, 6.07) is 28.1. The fraction of sp³-hybridized carbons (Fsp3) is 0.571. The first kappa shape index (κ1) is 52.9. The number of benzene rings is 4. The molecule has 8 bridgehead atoms. The fourth-order valence-electron chi connectivity index (χ4n) is 14.6. The predicted molar refractivity (Wildman–Crippen MR) is 269 cm³/mol. The van der Waals surface area contributed by atoms with E-state index in [0.717, 1.165) is 64.0 Å². The van der Waals surface area contributed by atoms with E-state index >= 15 is 0 Å². The Labute approximate surface area is 419 Å². The van der Waals surface area contributed by atoms with Gasteiger partial charge in [0.25, 0.3) is 0 Å². The van der Waals surface area contributed by atoms with E-state index < -0.39 is 23.5 Å². The van der Waals surface area contributed by atoms with Gasteiger partial charge in [-0.1, -0.05) is 77.9 Å². The minimum absolute atomic E-state index is 0. The molecule has 0 aliphatic heterocycles. The molecule has 4 aromatic carbocycles. The van der Waals surface area contributed by atoms with Crippen LogP contribution in [0.25, 0.3) is 28.0 Å². The molecule has 0 aromatic heterocycles. The summed E-state index contributed by atoms with van der Waals surface area (Å²) in [4.78, 5) is 0. The van der Waals surface area contributed by atoms with Gasteiger partial charge in [-0.15, -0.1) is 41.5 Å². The number of alkyl halides is 3. The Morgan fingerprint density at radius 1 is 0.691 bits per heavy atom. The molecule has 372 valence electrons. The maximum absolute atomic E-state index is 10.7. The van der Waals surface area contributed by atoms with Crippen LogP contribution in [0.15, 0.2) is 72.8 Å². The second-order valence-electron chi connectivity index (χ2n) is 22.1. The van der Waals surface area contributed by atoms with E-state index in [1.54, 1.807) is 11.4 Å². The van der Waals surface area contributed by atoms with Gasteiger partial charge in [-0.25, -0.2) is 0 Å². The van der Waals surface area contributed by atoms with Gasteiger partial charge < -0.3 is 15.2 Å². The number of methoxy groups -OCH3 is 2. The number of nitrogens with one attached hydrogen (secondary N) is 1. The monoisotopic (exact) mass is 1060 g/mol. The molecule has 8 fully saturated rings. The molecule has 8 saturated carbocycles. The van der Waals surface area contributed by atoms with Crippen molar-refractivity contribution in [1.29, 1.82) is 0 Å². The normalized spacial score (nSPS) is 28.1. The van der Waals surface area contributed by atoms with Crippen LogP contribution < -0.4 is 14.8 Å². The van der Waals surface area contributed by atoms with Crippen LogP contribution in [-0.2, 0) is 30.5 Å². The Hall–Kier alpha value is -2.93. The van der Waals surface area contributed by atoms with Crippen molar-refractivity contribution in [3.05, 3.63) is 101 Å². The van der Waals surface area contributed by atoms with Gasteiger partial charge >= 0.3 is 36.0 Å². The summed E-state index contributed by atoms with van der Waals surface area (Å²) in [5.41, 5.74) is 12.9. The van der Waals surface area contributed by atoms with Crippen molar-refractivity contribution in [2.24, 2.45) is 41.4 Å². The van der Waals surface area contributed by atoms with Crippen molar-refractivity contribution in [3.63, 3.8) is 0 Å². The molecule has 4 aromatic rings. The molecule has 8 aliphatic carbocycles. The van der Waals surface area contributed by atoms with E-state index in [1.165, 1.54) is 104 Å². The van der Waals surface area contributed by atoms with Crippen molar-refractivity contribution in [2.75, 3.05) is 14.2 Å². The summed E-state index contributed by atoms with van der Waals surface area (Å²) in [6.07, 6.45) is 16.6. The Morgan fingerprint density at radius 2 is 1.16 bits per heavy atom. The third-order valence-corrected chi connectivity index (χ3v) is 21.6.